The summed E-state index contributed by atoms with van der Waals surface area (Å²) in [5.74, 6) is 0.593. The van der Waals surface area contributed by atoms with Crippen molar-refractivity contribution < 1.29 is 14.4 Å². The molecule has 1 aliphatic carbocycles. The van der Waals surface area contributed by atoms with Crippen LogP contribution in [0.1, 0.15) is 52.7 Å². The van der Waals surface area contributed by atoms with Crippen LogP contribution >= 0.6 is 11.6 Å². The van der Waals surface area contributed by atoms with Crippen LogP contribution in [0.3, 0.4) is 0 Å². The second kappa shape index (κ2) is 7.15. The molecular weight excluding hydrogens is 316 g/mol. The van der Waals surface area contributed by atoms with Gasteiger partial charge in [-0.05, 0) is 43.4 Å². The first-order valence-corrected chi connectivity index (χ1v) is 8.22. The number of aromatic nitrogens is 1. The molecule has 2 N–H and O–H groups in total. The van der Waals surface area contributed by atoms with E-state index in [4.69, 9.17) is 16.1 Å². The van der Waals surface area contributed by atoms with Crippen molar-refractivity contribution in [3.8, 4) is 0 Å². The van der Waals surface area contributed by atoms with Crippen molar-refractivity contribution in [1.29, 1.82) is 0 Å². The first kappa shape index (κ1) is 16.0. The number of hydrogen-bond acceptors (Lipinski definition) is 4. The summed E-state index contributed by atoms with van der Waals surface area (Å²) in [6, 6.07) is 7.09. The maximum absolute atomic E-state index is 12.2. The van der Waals surface area contributed by atoms with Gasteiger partial charge in [-0.15, -0.1) is 0 Å². The van der Waals surface area contributed by atoms with E-state index in [-0.39, 0.29) is 5.91 Å². The number of rotatable bonds is 5. The van der Waals surface area contributed by atoms with Gasteiger partial charge >= 0.3 is 0 Å². The van der Waals surface area contributed by atoms with Crippen molar-refractivity contribution in [1.82, 2.24) is 10.5 Å². The number of nitrogens with one attached hydrogen (secondary N) is 1. The van der Waals surface area contributed by atoms with Crippen LogP contribution in [0.2, 0.25) is 5.02 Å². The number of carbonyl (C=O) groups excluding carboxylic acids is 1. The number of carbonyl (C=O) groups is 1. The monoisotopic (exact) mass is 334 g/mol. The summed E-state index contributed by atoms with van der Waals surface area (Å²) in [5, 5.41) is 17.4. The van der Waals surface area contributed by atoms with Crippen molar-refractivity contribution in [3.05, 3.63) is 51.9 Å². The Morgan fingerprint density at radius 2 is 2.22 bits per heavy atom. The molecule has 1 aromatic heterocycles. The fourth-order valence-electron chi connectivity index (χ4n) is 2.85. The zero-order valence-corrected chi connectivity index (χ0v) is 13.5. The predicted octanol–water partition coefficient (Wildman–Crippen LogP) is 3.06. The largest absolute Gasteiger partial charge is 0.388 e. The van der Waals surface area contributed by atoms with E-state index in [1.807, 2.05) is 6.07 Å². The number of hydrogen-bond donors (Lipinski definition) is 2. The maximum atomic E-state index is 12.2. The van der Waals surface area contributed by atoms with E-state index in [9.17, 15) is 9.90 Å². The molecule has 6 heteroatoms. The molecule has 0 spiro atoms. The van der Waals surface area contributed by atoms with Gasteiger partial charge in [0.2, 0.25) is 0 Å². The van der Waals surface area contributed by atoms with Crippen LogP contribution in [0.15, 0.2) is 28.8 Å². The number of aliphatic hydroxyl groups excluding tert-OH is 1. The number of amides is 1. The Labute approximate surface area is 139 Å². The lowest BCUT2D eigenvalue weighted by Crippen LogP contribution is -2.27. The summed E-state index contributed by atoms with van der Waals surface area (Å²) in [6.07, 6.45) is 3.57. The molecule has 3 rings (SSSR count). The minimum Gasteiger partial charge on any atom is -0.388 e. The molecule has 1 amide bonds. The highest BCUT2D eigenvalue weighted by molar-refractivity contribution is 6.30. The summed E-state index contributed by atoms with van der Waals surface area (Å²) in [7, 11) is 0. The molecule has 1 aliphatic rings. The first-order valence-electron chi connectivity index (χ1n) is 7.84. The molecule has 0 radical (unpaired) electrons. The summed E-state index contributed by atoms with van der Waals surface area (Å²) < 4.78 is 5.24. The van der Waals surface area contributed by atoms with Gasteiger partial charge < -0.3 is 14.9 Å². The first-order chi connectivity index (χ1) is 11.1. The summed E-state index contributed by atoms with van der Waals surface area (Å²) in [5.41, 5.74) is 2.06. The quantitative estimate of drug-likeness (QED) is 0.881. The molecule has 0 fully saturated rings. The molecule has 0 bridgehead atoms. The summed E-state index contributed by atoms with van der Waals surface area (Å²) in [6.45, 7) is 0.355. The van der Waals surface area contributed by atoms with Gasteiger partial charge in [0.25, 0.3) is 5.91 Å². The molecule has 122 valence electrons. The van der Waals surface area contributed by atoms with Crippen LogP contribution in [0.4, 0.5) is 0 Å². The Bertz CT molecular complexity index is 699. The lowest BCUT2D eigenvalue weighted by Gasteiger charge is -2.12. The van der Waals surface area contributed by atoms with Crippen molar-refractivity contribution in [3.63, 3.8) is 0 Å². The standard InChI is InChI=1S/C17H19ClN2O3/c18-12-5-3-4-11(10-12)14(21)8-9-19-17(22)16-13-6-1-2-7-15(13)23-20-16/h3-5,10,14,21H,1-2,6-9H2,(H,19,22)/t14-/m0/s1. The number of aryl methyl sites for hydroxylation is 1. The van der Waals surface area contributed by atoms with E-state index < -0.39 is 6.10 Å². The lowest BCUT2D eigenvalue weighted by atomic mass is 9.96. The Morgan fingerprint density at radius 3 is 3.04 bits per heavy atom. The van der Waals surface area contributed by atoms with E-state index >= 15 is 0 Å². The number of halogens is 1. The van der Waals surface area contributed by atoms with Crippen molar-refractivity contribution in [2.45, 2.75) is 38.2 Å². The number of aliphatic hydroxyl groups is 1. The third-order valence-corrected chi connectivity index (χ3v) is 4.34. The van der Waals surface area contributed by atoms with Gasteiger partial charge in [0.05, 0.1) is 6.10 Å². The molecule has 0 saturated heterocycles. The van der Waals surface area contributed by atoms with Gasteiger partial charge in [0.15, 0.2) is 5.69 Å². The predicted molar refractivity (Wildman–Crippen MR) is 86.5 cm³/mol. The van der Waals surface area contributed by atoms with Crippen LogP contribution in [-0.4, -0.2) is 22.7 Å². The highest BCUT2D eigenvalue weighted by Gasteiger charge is 2.23. The molecule has 0 aliphatic heterocycles. The van der Waals surface area contributed by atoms with Crippen LogP contribution in [0.25, 0.3) is 0 Å². The van der Waals surface area contributed by atoms with Crippen LogP contribution in [0.5, 0.6) is 0 Å². The average molecular weight is 335 g/mol. The molecule has 1 atom stereocenters. The lowest BCUT2D eigenvalue weighted by molar-refractivity contribution is 0.0933. The highest BCUT2D eigenvalue weighted by atomic mass is 35.5. The zero-order chi connectivity index (χ0) is 16.2. The molecule has 2 aromatic rings. The van der Waals surface area contributed by atoms with E-state index in [2.05, 4.69) is 10.5 Å². The highest BCUT2D eigenvalue weighted by Crippen LogP contribution is 2.24. The van der Waals surface area contributed by atoms with Crippen molar-refractivity contribution in [2.24, 2.45) is 0 Å². The Hall–Kier alpha value is -1.85. The molecule has 1 aromatic carbocycles. The molecule has 23 heavy (non-hydrogen) atoms. The second-order valence-electron chi connectivity index (χ2n) is 5.76. The van der Waals surface area contributed by atoms with Gasteiger partial charge in [-0.2, -0.15) is 0 Å². The number of nitrogens with zero attached hydrogens (tertiary/aromatic N) is 1. The number of benzene rings is 1. The topological polar surface area (TPSA) is 75.4 Å². The molecule has 0 unspecified atom stereocenters. The fraction of sp³-hybridized carbons (Fsp3) is 0.412. The fourth-order valence-corrected chi connectivity index (χ4v) is 3.05. The van der Waals surface area contributed by atoms with Crippen LogP contribution in [-0.2, 0) is 12.8 Å². The third kappa shape index (κ3) is 3.74. The van der Waals surface area contributed by atoms with Crippen LogP contribution in [0, 0.1) is 0 Å². The van der Waals surface area contributed by atoms with Gasteiger partial charge in [-0.25, -0.2) is 0 Å². The molecular formula is C17H19ClN2O3. The Balaban J connectivity index is 1.54. The SMILES string of the molecule is O=C(NCC[C@H](O)c1cccc(Cl)c1)c1noc2c1CCCC2. The van der Waals surface area contributed by atoms with Crippen molar-refractivity contribution >= 4 is 17.5 Å². The normalized spacial score (nSPS) is 15.0. The third-order valence-electron chi connectivity index (χ3n) is 4.10. The Morgan fingerprint density at radius 1 is 1.39 bits per heavy atom. The molecule has 0 saturated carbocycles. The van der Waals surface area contributed by atoms with E-state index in [1.54, 1.807) is 18.2 Å². The summed E-state index contributed by atoms with van der Waals surface area (Å²) >= 11 is 5.91. The van der Waals surface area contributed by atoms with Crippen molar-refractivity contribution in [2.75, 3.05) is 6.54 Å². The zero-order valence-electron chi connectivity index (χ0n) is 12.7. The van der Waals surface area contributed by atoms with Gasteiger partial charge in [-0.3, -0.25) is 4.79 Å². The maximum Gasteiger partial charge on any atom is 0.273 e. The van der Waals surface area contributed by atoms with E-state index in [0.29, 0.717) is 23.7 Å². The van der Waals surface area contributed by atoms with Gasteiger partial charge in [0.1, 0.15) is 5.76 Å². The minimum atomic E-state index is -0.666. The molecule has 5 nitrogen and oxygen atoms in total. The smallest absolute Gasteiger partial charge is 0.273 e. The second-order valence-corrected chi connectivity index (χ2v) is 6.19. The molecule has 1 heterocycles. The van der Waals surface area contributed by atoms with E-state index in [0.717, 1.165) is 42.6 Å². The van der Waals surface area contributed by atoms with E-state index in [1.165, 1.54) is 0 Å². The Kier molecular flexibility index (Phi) is 4.98. The summed E-state index contributed by atoms with van der Waals surface area (Å²) in [4.78, 5) is 12.2. The number of fused-ring (bicyclic) bond motifs is 1. The minimum absolute atomic E-state index is 0.241. The average Bonchev–Trinajstić information content (AvgIpc) is 2.98. The van der Waals surface area contributed by atoms with Crippen LogP contribution < -0.4 is 5.32 Å². The van der Waals surface area contributed by atoms with Gasteiger partial charge in [0, 0.05) is 23.6 Å². The van der Waals surface area contributed by atoms with Gasteiger partial charge in [-0.1, -0.05) is 28.9 Å².